The molecule has 1 aliphatic heterocycles. The minimum atomic E-state index is -1.00. The topological polar surface area (TPSA) is 172 Å². The summed E-state index contributed by atoms with van der Waals surface area (Å²) >= 11 is 0. The Morgan fingerprint density at radius 3 is 2.41 bits per heavy atom. The molecule has 248 valence electrons. The molecule has 0 saturated heterocycles. The molecule has 1 aliphatic carbocycles. The number of carbonyl (C=O) groups is 1. The van der Waals surface area contributed by atoms with Crippen LogP contribution in [0.5, 0.6) is 0 Å². The third kappa shape index (κ3) is 10.4. The maximum atomic E-state index is 13.8. The summed E-state index contributed by atoms with van der Waals surface area (Å²) in [4.78, 5) is 13.8. The predicted molar refractivity (Wildman–Crippen MR) is 171 cm³/mol. The molecule has 0 spiro atoms. The number of aliphatic hydroxyl groups is 4. The van der Waals surface area contributed by atoms with Crippen molar-refractivity contribution in [2.24, 2.45) is 39.9 Å². The molecule has 0 saturated carbocycles. The molecule has 0 bridgehead atoms. The average molecular weight is 619 g/mol. The molecule has 0 aromatic heterocycles. The van der Waals surface area contributed by atoms with Gasteiger partial charge in [0.25, 0.3) is 0 Å². The molecule has 10 heteroatoms. The second-order valence-corrected chi connectivity index (χ2v) is 12.8. The minimum Gasteiger partial charge on any atom is -0.461 e. The summed E-state index contributed by atoms with van der Waals surface area (Å²) in [6, 6.07) is 0. The zero-order chi connectivity index (χ0) is 33.1. The highest BCUT2D eigenvalue weighted by Gasteiger charge is 2.36. The van der Waals surface area contributed by atoms with Gasteiger partial charge in [-0.05, 0) is 44.3 Å². The van der Waals surface area contributed by atoms with Gasteiger partial charge < -0.3 is 35.6 Å². The first-order valence-corrected chi connectivity index (χ1v) is 15.8. The highest BCUT2D eigenvalue weighted by atomic mass is 16.5. The van der Waals surface area contributed by atoms with Crippen molar-refractivity contribution in [3.8, 4) is 0 Å². The Bertz CT molecular complexity index is 1140. The second kappa shape index (κ2) is 17.6. The van der Waals surface area contributed by atoms with Crippen molar-refractivity contribution in [3.63, 3.8) is 0 Å². The van der Waals surface area contributed by atoms with E-state index in [2.05, 4.69) is 10.3 Å². The van der Waals surface area contributed by atoms with E-state index in [1.807, 2.05) is 45.9 Å². The fourth-order valence-corrected chi connectivity index (χ4v) is 5.90. The number of nitrogens with zero attached hydrogens (tertiary/aromatic N) is 2. The Morgan fingerprint density at radius 2 is 1.80 bits per heavy atom. The standard InChI is InChI=1S/C34H54N2O8/c1-8-19(2)33(40)24(7)31(38)16-25(35-42)15-27-17-26(37)13-12-22(5)32(39)21(4)11-9-10-20(3)28-18-30(36-43)23(6)14-29(28)34(41)44-27/h9-12,14,19,21,24,26-29,31-33,37-40,42-43H,8,13,15-18H2,1-7H3/b11-9+,20-10+,22-12+,35-25-,36-30+/t19-,21-,24-,26+,27+,28?,29?,31-,32-,33+/m0/s1. The highest BCUT2D eigenvalue weighted by Crippen LogP contribution is 2.35. The van der Waals surface area contributed by atoms with Crippen LogP contribution in [0, 0.1) is 29.6 Å². The van der Waals surface area contributed by atoms with Crippen LogP contribution < -0.4 is 0 Å². The molecule has 0 radical (unpaired) electrons. The molecule has 44 heavy (non-hydrogen) atoms. The predicted octanol–water partition coefficient (Wildman–Crippen LogP) is 4.93. The van der Waals surface area contributed by atoms with E-state index >= 15 is 0 Å². The Labute approximate surface area is 262 Å². The molecular weight excluding hydrogens is 564 g/mol. The number of ether oxygens (including phenoxy) is 1. The summed E-state index contributed by atoms with van der Waals surface area (Å²) in [6.07, 6.45) is 6.00. The minimum absolute atomic E-state index is 0.0271. The van der Waals surface area contributed by atoms with E-state index in [0.717, 1.165) is 12.0 Å². The molecule has 2 unspecified atom stereocenters. The lowest BCUT2D eigenvalue weighted by atomic mass is 9.76. The van der Waals surface area contributed by atoms with Crippen molar-refractivity contribution in [2.75, 3.05) is 0 Å². The van der Waals surface area contributed by atoms with Gasteiger partial charge >= 0.3 is 5.97 Å². The lowest BCUT2D eigenvalue weighted by Gasteiger charge is -2.31. The van der Waals surface area contributed by atoms with Crippen molar-refractivity contribution in [1.82, 2.24) is 0 Å². The van der Waals surface area contributed by atoms with E-state index in [1.165, 1.54) is 0 Å². The number of cyclic esters (lactones) is 1. The van der Waals surface area contributed by atoms with Gasteiger partial charge in [-0.1, -0.05) is 80.4 Å². The van der Waals surface area contributed by atoms with Gasteiger partial charge in [-0.25, -0.2) is 0 Å². The maximum Gasteiger partial charge on any atom is 0.313 e. The van der Waals surface area contributed by atoms with Crippen molar-refractivity contribution in [2.45, 2.75) is 118 Å². The van der Waals surface area contributed by atoms with Crippen LogP contribution in [0.4, 0.5) is 0 Å². The number of carbonyl (C=O) groups excluding carboxylic acids is 1. The second-order valence-electron chi connectivity index (χ2n) is 12.8. The first kappa shape index (κ1) is 37.4. The first-order valence-electron chi connectivity index (χ1n) is 15.8. The van der Waals surface area contributed by atoms with Gasteiger partial charge in [0.1, 0.15) is 6.10 Å². The number of rotatable bonds is 8. The van der Waals surface area contributed by atoms with Gasteiger partial charge in [0.05, 0.1) is 41.8 Å². The van der Waals surface area contributed by atoms with E-state index in [9.17, 15) is 35.6 Å². The largest absolute Gasteiger partial charge is 0.461 e. The fraction of sp³-hybridized carbons (Fsp3) is 0.676. The van der Waals surface area contributed by atoms with Crippen molar-refractivity contribution in [3.05, 3.63) is 47.1 Å². The van der Waals surface area contributed by atoms with Crippen LogP contribution >= 0.6 is 0 Å². The van der Waals surface area contributed by atoms with Crippen LogP contribution in [-0.2, 0) is 9.53 Å². The molecule has 2 aliphatic rings. The number of aliphatic hydroxyl groups excluding tert-OH is 4. The molecule has 1 heterocycles. The lowest BCUT2D eigenvalue weighted by molar-refractivity contribution is -0.154. The number of esters is 1. The van der Waals surface area contributed by atoms with Crippen molar-refractivity contribution >= 4 is 17.4 Å². The van der Waals surface area contributed by atoms with Gasteiger partial charge in [0, 0.05) is 43.4 Å². The number of fused-ring (bicyclic) bond motifs is 1. The molecule has 0 amide bonds. The quantitative estimate of drug-likeness (QED) is 0.0731. The fourth-order valence-electron chi connectivity index (χ4n) is 5.90. The third-order valence-corrected chi connectivity index (χ3v) is 9.40. The average Bonchev–Trinajstić information content (AvgIpc) is 3.00. The van der Waals surface area contributed by atoms with Crippen molar-refractivity contribution in [1.29, 1.82) is 0 Å². The zero-order valence-electron chi connectivity index (χ0n) is 27.3. The molecular formula is C34H54N2O8. The van der Waals surface area contributed by atoms with Gasteiger partial charge in [0.2, 0.25) is 0 Å². The van der Waals surface area contributed by atoms with Crippen LogP contribution in [0.3, 0.4) is 0 Å². The first-order chi connectivity index (χ1) is 20.7. The maximum absolute atomic E-state index is 13.8. The Morgan fingerprint density at radius 1 is 1.11 bits per heavy atom. The molecule has 2 rings (SSSR count). The van der Waals surface area contributed by atoms with E-state index in [1.54, 1.807) is 32.9 Å². The lowest BCUT2D eigenvalue weighted by Crippen LogP contribution is -2.37. The summed E-state index contributed by atoms with van der Waals surface area (Å²) in [7, 11) is 0. The van der Waals surface area contributed by atoms with E-state index in [0.29, 0.717) is 23.3 Å². The van der Waals surface area contributed by atoms with E-state index in [4.69, 9.17) is 4.74 Å². The summed E-state index contributed by atoms with van der Waals surface area (Å²) in [5, 5.41) is 69.5. The third-order valence-electron chi connectivity index (χ3n) is 9.40. The molecule has 0 aromatic carbocycles. The van der Waals surface area contributed by atoms with Gasteiger partial charge in [0.15, 0.2) is 0 Å². The van der Waals surface area contributed by atoms with Crippen molar-refractivity contribution < 1.29 is 40.4 Å². The highest BCUT2D eigenvalue weighted by molar-refractivity contribution is 6.01. The normalized spacial score (nSPS) is 34.7. The zero-order valence-corrected chi connectivity index (χ0v) is 27.3. The molecule has 0 fully saturated rings. The summed E-state index contributed by atoms with van der Waals surface area (Å²) in [5.74, 6) is -2.31. The van der Waals surface area contributed by atoms with Gasteiger partial charge in [-0.2, -0.15) is 0 Å². The molecule has 10 nitrogen and oxygen atoms in total. The number of allylic oxidation sites excluding steroid dienone is 4. The summed E-state index contributed by atoms with van der Waals surface area (Å²) in [5.41, 5.74) is 2.87. The summed E-state index contributed by atoms with van der Waals surface area (Å²) < 4.78 is 6.02. The van der Waals surface area contributed by atoms with Crippen LogP contribution in [0.1, 0.15) is 87.0 Å². The van der Waals surface area contributed by atoms with Crippen LogP contribution in [0.2, 0.25) is 0 Å². The van der Waals surface area contributed by atoms with E-state index < -0.39 is 48.3 Å². The smallest absolute Gasteiger partial charge is 0.313 e. The van der Waals surface area contributed by atoms with E-state index in [-0.39, 0.29) is 49.1 Å². The van der Waals surface area contributed by atoms with Crippen LogP contribution in [-0.4, -0.2) is 78.8 Å². The molecule has 6 N–H and O–H groups in total. The van der Waals surface area contributed by atoms with Gasteiger partial charge in [-0.3, -0.25) is 4.79 Å². The Hall–Kier alpha value is -2.79. The SMILES string of the molecule is CC[C@H](C)[C@@H](O)[C@@H](C)[C@@H](O)C/C(C[C@@H]1C[C@H](O)C/C=C(\C)[C@@H](O)[C@@H](C)/C=C/C=C(\C)C2C/C(=N\O)C(C)=CC2C(=O)O1)=N\O. The summed E-state index contributed by atoms with van der Waals surface area (Å²) in [6.45, 7) is 13.0. The molecule has 0 aromatic rings. The monoisotopic (exact) mass is 618 g/mol. The Kier molecular flexibility index (Phi) is 15.0. The van der Waals surface area contributed by atoms with Gasteiger partial charge in [-0.15, -0.1) is 0 Å². The number of hydrogen-bond donors (Lipinski definition) is 6. The van der Waals surface area contributed by atoms with Crippen LogP contribution in [0.25, 0.3) is 0 Å². The molecule has 10 atom stereocenters. The number of oxime groups is 2. The van der Waals surface area contributed by atoms with Crippen LogP contribution in [0.15, 0.2) is 57.4 Å². The Balaban J connectivity index is 2.45. The number of hydrogen-bond acceptors (Lipinski definition) is 10.